The summed E-state index contributed by atoms with van der Waals surface area (Å²) in [5.41, 5.74) is 0.550. The molecule has 1 aliphatic carbocycles. The van der Waals surface area contributed by atoms with E-state index < -0.39 is 105 Å². The van der Waals surface area contributed by atoms with Crippen molar-refractivity contribution < 1.29 is 112 Å². The zero-order valence-corrected chi connectivity index (χ0v) is 55.9. The summed E-state index contributed by atoms with van der Waals surface area (Å²) in [6.45, 7) is 7.55. The smallest absolute Gasteiger partial charge is 0.333 e. The maximum absolute atomic E-state index is 13.3. The fourth-order valence-corrected chi connectivity index (χ4v) is 15.8. The Hall–Kier alpha value is -5.92. The SMILES string of the molecule is CCN1C(=CC=C2CCCC(C=CC3=[N+](CCCC(=O)ON4C(=O)CCC4=O)c4ccc5c(S(=O)(=O)[O-])cc(S(=O)(=O)[O-])cc5c4C3(C)CCOCCOCCOCCOCCOC)=C2Cl)C(C)(CCCS(=O)(=O)[O-])c2c1ccc1c(S(=O)(=O)[O-])cc(S(=O)(=O)[O-])cc21. The lowest BCUT2D eigenvalue weighted by Crippen LogP contribution is -2.34. The molecule has 2 unspecified atom stereocenters. The normalized spacial score (nSPS) is 20.1. The van der Waals surface area contributed by atoms with Gasteiger partial charge in [-0.05, 0) is 135 Å². The van der Waals surface area contributed by atoms with Gasteiger partial charge in [0, 0.05) is 90.2 Å². The van der Waals surface area contributed by atoms with Gasteiger partial charge in [0.1, 0.15) is 47.0 Å². The number of halogens is 1. The summed E-state index contributed by atoms with van der Waals surface area (Å²) in [6, 6.07) is 8.56. The van der Waals surface area contributed by atoms with Gasteiger partial charge in [-0.1, -0.05) is 29.8 Å². The molecule has 93 heavy (non-hydrogen) atoms. The van der Waals surface area contributed by atoms with Gasteiger partial charge in [0.15, 0.2) is 5.71 Å². The number of carbonyl (C=O) groups is 3. The molecule has 0 spiro atoms. The Balaban J connectivity index is 1.22. The van der Waals surface area contributed by atoms with Gasteiger partial charge in [-0.3, -0.25) is 9.59 Å². The molecule has 8 rings (SSSR count). The van der Waals surface area contributed by atoms with Gasteiger partial charge in [-0.15, -0.1) is 5.06 Å². The Morgan fingerprint density at radius 1 is 0.624 bits per heavy atom. The number of hydrogen-bond donors (Lipinski definition) is 0. The Labute approximate surface area is 544 Å². The van der Waals surface area contributed by atoms with Crippen LogP contribution in [0.4, 0.5) is 11.4 Å². The Morgan fingerprint density at radius 3 is 1.69 bits per heavy atom. The largest absolute Gasteiger partial charge is 0.748 e. The van der Waals surface area contributed by atoms with Crippen molar-refractivity contribution in [2.75, 3.05) is 90.3 Å². The van der Waals surface area contributed by atoms with Gasteiger partial charge < -0.3 is 56.2 Å². The number of methoxy groups -OCH3 is 1. The topological polar surface area (TPSA) is 402 Å². The third-order valence-corrected chi connectivity index (χ3v) is 21.2. The summed E-state index contributed by atoms with van der Waals surface area (Å²) in [5.74, 6) is -3.14. The first-order chi connectivity index (χ1) is 43.6. The molecule has 0 N–H and O–H groups in total. The number of carbonyl (C=O) groups excluding carboxylic acids is 3. The first-order valence-corrected chi connectivity index (χ1v) is 37.0. The van der Waals surface area contributed by atoms with Gasteiger partial charge in [0.2, 0.25) is 5.69 Å². The van der Waals surface area contributed by atoms with Gasteiger partial charge >= 0.3 is 5.97 Å². The third kappa shape index (κ3) is 16.8. The minimum absolute atomic E-state index is 0.0175. The van der Waals surface area contributed by atoms with Gasteiger partial charge in [0.05, 0.1) is 94.4 Å². The molecule has 2 atom stereocenters. The number of amides is 2. The van der Waals surface area contributed by atoms with Gasteiger partial charge in [-0.2, -0.15) is 4.58 Å². The number of likely N-dealkylation sites (N-methyl/N-ethyl adjacent to an activating group) is 1. The molecule has 27 nitrogen and oxygen atoms in total. The lowest BCUT2D eigenvalue weighted by molar-refractivity contribution is -0.438. The summed E-state index contributed by atoms with van der Waals surface area (Å²) >= 11 is 7.38. The quantitative estimate of drug-likeness (QED) is 0.0247. The summed E-state index contributed by atoms with van der Waals surface area (Å²) in [6.07, 6.45) is 7.17. The van der Waals surface area contributed by atoms with Crippen LogP contribution in [0.5, 0.6) is 0 Å². The molecule has 4 aromatic carbocycles. The number of hydrogen-bond acceptors (Lipinski definition) is 25. The predicted octanol–water partition coefficient (Wildman–Crippen LogP) is 5.62. The number of anilines is 1. The lowest BCUT2D eigenvalue weighted by atomic mass is 9.74. The number of ether oxygens (including phenoxy) is 5. The first-order valence-electron chi connectivity index (χ1n) is 29.4. The van der Waals surface area contributed by atoms with E-state index in [0.29, 0.717) is 96.8 Å². The van der Waals surface area contributed by atoms with Gasteiger partial charge in [0.25, 0.3) is 11.8 Å². The van der Waals surface area contributed by atoms with Crippen LogP contribution in [0.25, 0.3) is 21.5 Å². The monoisotopic (exact) mass is 1410 g/mol. The lowest BCUT2D eigenvalue weighted by Gasteiger charge is -2.31. The Kier molecular flexibility index (Phi) is 23.2. The van der Waals surface area contributed by atoms with Crippen molar-refractivity contribution in [3.63, 3.8) is 0 Å². The Bertz CT molecular complexity index is 4360. The van der Waals surface area contributed by atoms with E-state index in [0.717, 1.165) is 12.1 Å². The van der Waals surface area contributed by atoms with Crippen LogP contribution >= 0.6 is 11.6 Å². The molecule has 2 amide bonds. The highest BCUT2D eigenvalue weighted by Gasteiger charge is 2.50. The second-order valence-electron chi connectivity index (χ2n) is 22.7. The van der Waals surface area contributed by atoms with E-state index in [-0.39, 0.29) is 129 Å². The molecule has 33 heteroatoms. The number of fused-ring (bicyclic) bond motifs is 6. The average Bonchev–Trinajstić information content (AvgIpc) is 1.60. The van der Waals surface area contributed by atoms with Crippen molar-refractivity contribution >= 4 is 119 Å². The molecule has 1 fully saturated rings. The van der Waals surface area contributed by atoms with Crippen molar-refractivity contribution in [3.05, 3.63) is 106 Å². The molecule has 0 saturated carbocycles. The maximum Gasteiger partial charge on any atom is 0.333 e. The maximum atomic E-state index is 13.3. The van der Waals surface area contributed by atoms with E-state index in [4.69, 9.17) is 40.1 Å². The zero-order valence-electron chi connectivity index (χ0n) is 51.0. The van der Waals surface area contributed by atoms with E-state index in [2.05, 4.69) is 0 Å². The van der Waals surface area contributed by atoms with Crippen LogP contribution in [-0.2, 0) is 104 Å². The van der Waals surface area contributed by atoms with Gasteiger partial charge in [-0.25, -0.2) is 46.9 Å². The molecular formula is C60H68ClN3O24S5-4. The summed E-state index contributed by atoms with van der Waals surface area (Å²) in [5, 5.41) is 0.0708. The average molecular weight is 1410 g/mol. The number of nitrogens with zero attached hydrogens (tertiary/aromatic N) is 3. The number of rotatable bonds is 32. The number of imide groups is 1. The second-order valence-corrected chi connectivity index (χ2v) is 30.0. The van der Waals surface area contributed by atoms with E-state index in [1.807, 2.05) is 0 Å². The fraction of sp³-hybridized carbons (Fsp3) is 0.467. The van der Waals surface area contributed by atoms with E-state index in [1.165, 1.54) is 24.3 Å². The van der Waals surface area contributed by atoms with Crippen molar-refractivity contribution in [1.29, 1.82) is 0 Å². The fourth-order valence-electron chi connectivity index (χ4n) is 12.3. The summed E-state index contributed by atoms with van der Waals surface area (Å²) in [4.78, 5) is 40.9. The third-order valence-electron chi connectivity index (χ3n) is 16.6. The molecule has 4 aliphatic rings. The molecule has 0 bridgehead atoms. The highest BCUT2D eigenvalue weighted by atomic mass is 35.5. The van der Waals surface area contributed by atoms with Crippen LogP contribution in [0.15, 0.2) is 114 Å². The molecule has 1 saturated heterocycles. The van der Waals surface area contributed by atoms with Crippen molar-refractivity contribution in [2.45, 2.75) is 115 Å². The minimum Gasteiger partial charge on any atom is -0.748 e. The standard InChI is InChI=1S/C60H72ClN3O24S5/c1-5-62-47-16-14-43-45(35-41(90(71,72)73)37-49(43)92(77,78)79)56(47)59(2,22-8-34-89(68,69)70)51(62)18-12-39-9-6-10-40(58(39)61)13-19-52-60(3,23-25-84-28-29-86-32-33-87-31-30-85-27-26-83-4)57-46-36-42(91(74,75)76)38-50(93(80,81)82)44(46)15-17-48(57)63(52)24-7-11-55(67)88-64-53(65)20-21-54(64)66/h12-19,35-38H,5-11,20-34H2,1-4H3,(H4-,68,69,70,71,72,73,74,75,76,77,78,79,80,81,82)/p-4. The molecule has 3 heterocycles. The zero-order chi connectivity index (χ0) is 68.1. The van der Waals surface area contributed by atoms with E-state index in [9.17, 15) is 79.2 Å². The number of allylic oxidation sites excluding steroid dienone is 8. The van der Waals surface area contributed by atoms with Crippen molar-refractivity contribution in [2.24, 2.45) is 0 Å². The molecule has 508 valence electrons. The number of benzene rings is 4. The number of hydroxylamine groups is 2. The van der Waals surface area contributed by atoms with E-state index >= 15 is 0 Å². The first kappa shape index (κ1) is 72.9. The van der Waals surface area contributed by atoms with Crippen LogP contribution in [0.1, 0.15) is 96.1 Å². The molecule has 3 aliphatic heterocycles. The van der Waals surface area contributed by atoms with Crippen LogP contribution in [0.3, 0.4) is 0 Å². The van der Waals surface area contributed by atoms with Crippen LogP contribution in [-0.4, -0.2) is 183 Å². The summed E-state index contributed by atoms with van der Waals surface area (Å²) in [7, 11) is -24.9. The molecule has 0 aromatic heterocycles. The minimum atomic E-state index is -5.46. The van der Waals surface area contributed by atoms with E-state index in [1.54, 1.807) is 61.7 Å². The summed E-state index contributed by atoms with van der Waals surface area (Å²) < 4.78 is 218. The van der Waals surface area contributed by atoms with Crippen LogP contribution in [0, 0.1) is 0 Å². The second kappa shape index (κ2) is 29.6. The molecule has 4 aromatic rings. The molecular weight excluding hydrogens is 1340 g/mol. The van der Waals surface area contributed by atoms with Crippen LogP contribution < -0.4 is 4.90 Å². The van der Waals surface area contributed by atoms with Crippen LogP contribution in [0.2, 0.25) is 0 Å². The Morgan fingerprint density at radius 2 is 1.16 bits per heavy atom. The van der Waals surface area contributed by atoms with Crippen molar-refractivity contribution in [3.8, 4) is 0 Å². The predicted molar refractivity (Wildman–Crippen MR) is 329 cm³/mol. The molecule has 0 radical (unpaired) electrons. The highest BCUT2D eigenvalue weighted by Crippen LogP contribution is 2.55. The van der Waals surface area contributed by atoms with Crippen molar-refractivity contribution in [1.82, 2.24) is 5.06 Å². The highest BCUT2D eigenvalue weighted by molar-refractivity contribution is 7.87.